The van der Waals surface area contributed by atoms with E-state index in [0.29, 0.717) is 0 Å². The quantitative estimate of drug-likeness (QED) is 0.685. The summed E-state index contributed by atoms with van der Waals surface area (Å²) < 4.78 is 1.89. The summed E-state index contributed by atoms with van der Waals surface area (Å²) in [5.74, 6) is 0.809. The monoisotopic (exact) mass is 395 g/mol. The zero-order valence-electron chi connectivity index (χ0n) is 17.4. The van der Waals surface area contributed by atoms with Gasteiger partial charge in [-0.1, -0.05) is 31.2 Å². The molecule has 2 aromatic heterocycles. The molecule has 7 nitrogen and oxygen atoms in total. The van der Waals surface area contributed by atoms with E-state index >= 15 is 0 Å². The number of rotatable bonds is 4. The lowest BCUT2D eigenvalue weighted by atomic mass is 10.0. The Kier molecular flexibility index (Phi) is 6.95. The van der Waals surface area contributed by atoms with Crippen molar-refractivity contribution in [2.45, 2.75) is 27.3 Å². The predicted octanol–water partition coefficient (Wildman–Crippen LogP) is 2.85. The number of carbonyl (C=O) groups is 1. The van der Waals surface area contributed by atoms with E-state index in [9.17, 15) is 0 Å². The summed E-state index contributed by atoms with van der Waals surface area (Å²) in [6.07, 6.45) is 2.07. The molecule has 1 aliphatic rings. The number of aryl methyl sites for hydroxylation is 2. The summed E-state index contributed by atoms with van der Waals surface area (Å²) in [4.78, 5) is 17.9. The van der Waals surface area contributed by atoms with Crippen molar-refractivity contribution in [3.8, 4) is 11.1 Å². The first-order chi connectivity index (χ1) is 14.0. The molecule has 0 amide bonds. The van der Waals surface area contributed by atoms with Gasteiger partial charge in [0.15, 0.2) is 5.65 Å². The number of likely N-dealkylation sites (N-methyl/N-ethyl adjacent to an activating group) is 1. The molecule has 0 aliphatic carbocycles. The van der Waals surface area contributed by atoms with Crippen LogP contribution in [0, 0.1) is 13.8 Å². The van der Waals surface area contributed by atoms with Crippen molar-refractivity contribution in [1.82, 2.24) is 24.4 Å². The highest BCUT2D eigenvalue weighted by atomic mass is 16.3. The Morgan fingerprint density at radius 2 is 1.66 bits per heavy atom. The predicted molar refractivity (Wildman–Crippen MR) is 114 cm³/mol. The van der Waals surface area contributed by atoms with Crippen LogP contribution in [0.2, 0.25) is 0 Å². The van der Waals surface area contributed by atoms with Gasteiger partial charge in [0.2, 0.25) is 0 Å². The number of nitrogens with zero attached hydrogens (tertiary/aromatic N) is 5. The van der Waals surface area contributed by atoms with Crippen LogP contribution >= 0.6 is 0 Å². The molecule has 3 heterocycles. The SMILES string of the molecule is CCN1CCN(Cc2ccc(-c3cc(C)c4nc(C)nn4c3)cc2)CC1.O=CO. The number of hydrogen-bond acceptors (Lipinski definition) is 5. The normalized spacial score (nSPS) is 15.1. The average molecular weight is 396 g/mol. The Hall–Kier alpha value is -2.77. The van der Waals surface area contributed by atoms with Gasteiger partial charge in [-0.2, -0.15) is 5.10 Å². The molecular formula is C22H29N5O2. The van der Waals surface area contributed by atoms with Crippen LogP contribution in [0.15, 0.2) is 36.5 Å². The highest BCUT2D eigenvalue weighted by molar-refractivity contribution is 5.66. The Bertz CT molecular complexity index is 944. The third-order valence-corrected chi connectivity index (χ3v) is 5.33. The van der Waals surface area contributed by atoms with Crippen molar-refractivity contribution in [1.29, 1.82) is 0 Å². The maximum atomic E-state index is 8.36. The molecule has 4 rings (SSSR count). The number of hydrogen-bond donors (Lipinski definition) is 1. The van der Waals surface area contributed by atoms with E-state index in [1.807, 2.05) is 11.4 Å². The molecule has 29 heavy (non-hydrogen) atoms. The van der Waals surface area contributed by atoms with Crippen molar-refractivity contribution in [3.05, 3.63) is 53.5 Å². The van der Waals surface area contributed by atoms with Crippen molar-refractivity contribution < 1.29 is 9.90 Å². The number of carboxylic acid groups (broad SMARTS) is 1. The molecule has 3 aromatic rings. The second-order valence-corrected chi connectivity index (χ2v) is 7.35. The van der Waals surface area contributed by atoms with Gasteiger partial charge in [-0.3, -0.25) is 9.69 Å². The lowest BCUT2D eigenvalue weighted by Gasteiger charge is -2.34. The molecule has 1 fully saturated rings. The van der Waals surface area contributed by atoms with Crippen LogP contribution in [0.3, 0.4) is 0 Å². The maximum absolute atomic E-state index is 8.36. The van der Waals surface area contributed by atoms with Crippen LogP contribution in [-0.2, 0) is 11.3 Å². The molecule has 0 radical (unpaired) electrons. The van der Waals surface area contributed by atoms with E-state index in [1.54, 1.807) is 0 Å². The molecule has 1 N–H and O–H groups in total. The second-order valence-electron chi connectivity index (χ2n) is 7.35. The maximum Gasteiger partial charge on any atom is 0.290 e. The highest BCUT2D eigenvalue weighted by Crippen LogP contribution is 2.23. The molecule has 1 saturated heterocycles. The molecule has 0 atom stereocenters. The van der Waals surface area contributed by atoms with E-state index in [2.05, 4.69) is 70.3 Å². The Morgan fingerprint density at radius 1 is 1.03 bits per heavy atom. The van der Waals surface area contributed by atoms with Crippen LogP contribution in [-0.4, -0.2) is 68.7 Å². The first-order valence-electron chi connectivity index (χ1n) is 9.99. The smallest absolute Gasteiger partial charge is 0.290 e. The summed E-state index contributed by atoms with van der Waals surface area (Å²) in [6, 6.07) is 11.2. The highest BCUT2D eigenvalue weighted by Gasteiger charge is 2.15. The van der Waals surface area contributed by atoms with E-state index in [4.69, 9.17) is 9.90 Å². The van der Waals surface area contributed by atoms with Gasteiger partial charge in [-0.25, -0.2) is 9.50 Å². The number of pyridine rings is 1. The van der Waals surface area contributed by atoms with Gasteiger partial charge in [0.25, 0.3) is 6.47 Å². The van der Waals surface area contributed by atoms with Crippen LogP contribution in [0.4, 0.5) is 0 Å². The average Bonchev–Trinajstić information content (AvgIpc) is 3.11. The van der Waals surface area contributed by atoms with Gasteiger partial charge in [0, 0.05) is 44.5 Å². The standard InChI is InChI=1S/C21H27N5.CH2O2/c1-4-24-9-11-25(12-10-24)14-18-5-7-19(8-6-18)20-13-16(2)21-22-17(3)23-26(21)15-20;2-1-3/h5-8,13,15H,4,9-12,14H2,1-3H3;1H,(H,2,3). The first-order valence-corrected chi connectivity index (χ1v) is 9.99. The third-order valence-electron chi connectivity index (χ3n) is 5.33. The molecule has 0 saturated carbocycles. The topological polar surface area (TPSA) is 74.0 Å². The molecule has 7 heteroatoms. The van der Waals surface area contributed by atoms with Gasteiger partial charge in [0.1, 0.15) is 5.82 Å². The number of piperazine rings is 1. The fourth-order valence-electron chi connectivity index (χ4n) is 3.74. The summed E-state index contributed by atoms with van der Waals surface area (Å²) in [5.41, 5.74) is 5.88. The van der Waals surface area contributed by atoms with Crippen molar-refractivity contribution in [3.63, 3.8) is 0 Å². The molecular weight excluding hydrogens is 366 g/mol. The summed E-state index contributed by atoms with van der Waals surface area (Å²) in [5, 5.41) is 11.4. The fraction of sp³-hybridized carbons (Fsp3) is 0.409. The van der Waals surface area contributed by atoms with Crippen molar-refractivity contribution >= 4 is 12.1 Å². The van der Waals surface area contributed by atoms with Crippen LogP contribution in [0.5, 0.6) is 0 Å². The van der Waals surface area contributed by atoms with Gasteiger partial charge in [-0.15, -0.1) is 0 Å². The fourth-order valence-corrected chi connectivity index (χ4v) is 3.74. The number of fused-ring (bicyclic) bond motifs is 1. The number of aromatic nitrogens is 3. The van der Waals surface area contributed by atoms with E-state index in [1.165, 1.54) is 29.8 Å². The van der Waals surface area contributed by atoms with E-state index < -0.39 is 0 Å². The Morgan fingerprint density at radius 3 is 2.28 bits per heavy atom. The largest absolute Gasteiger partial charge is 0.483 e. The van der Waals surface area contributed by atoms with Crippen molar-refractivity contribution in [2.75, 3.05) is 32.7 Å². The van der Waals surface area contributed by atoms with Gasteiger partial charge >= 0.3 is 0 Å². The lowest BCUT2D eigenvalue weighted by Crippen LogP contribution is -2.45. The zero-order chi connectivity index (χ0) is 20.8. The minimum atomic E-state index is -0.250. The second kappa shape index (κ2) is 9.62. The molecule has 154 valence electrons. The van der Waals surface area contributed by atoms with E-state index in [0.717, 1.165) is 43.2 Å². The van der Waals surface area contributed by atoms with Crippen LogP contribution < -0.4 is 0 Å². The lowest BCUT2D eigenvalue weighted by molar-refractivity contribution is -0.122. The first kappa shape index (κ1) is 21.0. The van der Waals surface area contributed by atoms with Crippen molar-refractivity contribution in [2.24, 2.45) is 0 Å². The third kappa shape index (κ3) is 5.19. The van der Waals surface area contributed by atoms with Gasteiger partial charge in [-0.05, 0) is 43.1 Å². The molecule has 1 aliphatic heterocycles. The zero-order valence-corrected chi connectivity index (χ0v) is 17.4. The Labute approximate surface area is 171 Å². The Balaban J connectivity index is 0.000000755. The van der Waals surface area contributed by atoms with Gasteiger partial charge < -0.3 is 10.0 Å². The summed E-state index contributed by atoms with van der Waals surface area (Å²) >= 11 is 0. The molecule has 0 unspecified atom stereocenters. The molecule has 0 spiro atoms. The van der Waals surface area contributed by atoms with Crippen LogP contribution in [0.25, 0.3) is 16.8 Å². The van der Waals surface area contributed by atoms with Gasteiger partial charge in [0.05, 0.1) is 0 Å². The molecule has 1 aromatic carbocycles. The summed E-state index contributed by atoms with van der Waals surface area (Å²) in [6.45, 7) is 12.9. The number of benzene rings is 1. The molecule has 0 bridgehead atoms. The summed E-state index contributed by atoms with van der Waals surface area (Å²) in [7, 11) is 0. The minimum absolute atomic E-state index is 0.250. The van der Waals surface area contributed by atoms with Crippen LogP contribution in [0.1, 0.15) is 23.9 Å². The van der Waals surface area contributed by atoms with E-state index in [-0.39, 0.29) is 6.47 Å². The minimum Gasteiger partial charge on any atom is -0.483 e.